The van der Waals surface area contributed by atoms with E-state index in [0.717, 1.165) is 64.2 Å². The fourth-order valence-corrected chi connectivity index (χ4v) is 8.32. The number of rotatable bonds is 7. The van der Waals surface area contributed by atoms with Crippen molar-refractivity contribution in [3.8, 4) is 0 Å². The van der Waals surface area contributed by atoms with E-state index in [4.69, 9.17) is 4.74 Å². The third kappa shape index (κ3) is 3.60. The smallest absolute Gasteiger partial charge is 0.306 e. The number of hydrogen-bond acceptors (Lipinski definition) is 4. The molecular weight excluding hydrogens is 400 g/mol. The van der Waals surface area contributed by atoms with Gasteiger partial charge in [-0.25, -0.2) is 0 Å². The van der Waals surface area contributed by atoms with Gasteiger partial charge in [-0.2, -0.15) is 0 Å². The molecule has 3 saturated carbocycles. The van der Waals surface area contributed by atoms with Gasteiger partial charge in [-0.05, 0) is 87.5 Å². The molecule has 0 N–H and O–H groups in total. The maximum atomic E-state index is 13.1. The summed E-state index contributed by atoms with van der Waals surface area (Å²) in [7, 11) is 0. The summed E-state index contributed by atoms with van der Waals surface area (Å²) in [6.45, 7) is 8.42. The van der Waals surface area contributed by atoms with Gasteiger partial charge in [-0.3, -0.25) is 14.4 Å². The van der Waals surface area contributed by atoms with Crippen molar-refractivity contribution in [1.29, 1.82) is 0 Å². The molecule has 0 aromatic rings. The highest BCUT2D eigenvalue weighted by Gasteiger charge is 2.67. The van der Waals surface area contributed by atoms with Gasteiger partial charge in [0.25, 0.3) is 0 Å². The zero-order chi connectivity index (χ0) is 23.1. The van der Waals surface area contributed by atoms with Crippen LogP contribution in [0, 0.1) is 28.6 Å². The first kappa shape index (κ1) is 23.7. The Labute approximate surface area is 193 Å². The molecule has 0 spiro atoms. The Kier molecular flexibility index (Phi) is 6.46. The van der Waals surface area contributed by atoms with Gasteiger partial charge in [0.15, 0.2) is 17.2 Å². The second-order valence-corrected chi connectivity index (χ2v) is 11.6. The fraction of sp³-hybridized carbons (Fsp3) is 0.821. The van der Waals surface area contributed by atoms with Crippen LogP contribution in [0.5, 0.6) is 0 Å². The molecular formula is C28H42O4. The molecule has 4 rings (SSSR count). The molecule has 0 unspecified atom stereocenters. The van der Waals surface area contributed by atoms with Gasteiger partial charge < -0.3 is 4.74 Å². The Balaban J connectivity index is 1.56. The number of carbonyl (C=O) groups is 3. The Morgan fingerprint density at radius 3 is 2.47 bits per heavy atom. The zero-order valence-electron chi connectivity index (χ0n) is 20.6. The van der Waals surface area contributed by atoms with Crippen molar-refractivity contribution < 1.29 is 19.1 Å². The molecule has 0 aromatic carbocycles. The second-order valence-electron chi connectivity index (χ2n) is 11.6. The quantitative estimate of drug-likeness (QED) is 0.340. The van der Waals surface area contributed by atoms with Crippen molar-refractivity contribution in [2.75, 3.05) is 0 Å². The maximum Gasteiger partial charge on any atom is 0.306 e. The van der Waals surface area contributed by atoms with E-state index in [1.54, 1.807) is 6.92 Å². The largest absolute Gasteiger partial charge is 0.450 e. The van der Waals surface area contributed by atoms with Crippen LogP contribution >= 0.6 is 0 Å². The minimum absolute atomic E-state index is 0.0359. The van der Waals surface area contributed by atoms with Crippen LogP contribution < -0.4 is 0 Å². The number of allylic oxidation sites excluding steroid dienone is 1. The number of ketones is 2. The first-order valence-corrected chi connectivity index (χ1v) is 13.1. The van der Waals surface area contributed by atoms with Crippen LogP contribution in [0.2, 0.25) is 0 Å². The predicted octanol–water partition coefficient (Wildman–Crippen LogP) is 6.36. The summed E-state index contributed by atoms with van der Waals surface area (Å²) >= 11 is 0. The average molecular weight is 443 g/mol. The summed E-state index contributed by atoms with van der Waals surface area (Å²) in [6, 6.07) is 0. The minimum atomic E-state index is -0.954. The van der Waals surface area contributed by atoms with Crippen LogP contribution in [0.25, 0.3) is 0 Å². The van der Waals surface area contributed by atoms with Crippen LogP contribution in [0.3, 0.4) is 0 Å². The highest BCUT2D eigenvalue weighted by Crippen LogP contribution is 2.68. The third-order valence-corrected chi connectivity index (χ3v) is 10.2. The standard InChI is InChI=1S/C28H42O4/c1-5-6-7-8-9-25(31)32-28(19(2)29)17-14-24-22-11-10-20-18-21(30)12-15-26(20,3)23(22)13-16-27(24,28)4/h18,22-24H,5-17H2,1-4H3/t22-,23+,24+,26+,27+,28+/m1/s1. The molecule has 0 saturated heterocycles. The Bertz CT molecular complexity index is 812. The van der Waals surface area contributed by atoms with Crippen LogP contribution in [-0.2, 0) is 19.1 Å². The predicted molar refractivity (Wildman–Crippen MR) is 125 cm³/mol. The normalized spacial score (nSPS) is 40.7. The topological polar surface area (TPSA) is 60.4 Å². The van der Waals surface area contributed by atoms with Crippen LogP contribution in [0.1, 0.15) is 111 Å². The maximum absolute atomic E-state index is 13.1. The molecule has 4 nitrogen and oxygen atoms in total. The zero-order valence-corrected chi connectivity index (χ0v) is 20.6. The van der Waals surface area contributed by atoms with Crippen molar-refractivity contribution in [1.82, 2.24) is 0 Å². The van der Waals surface area contributed by atoms with Gasteiger partial charge in [0, 0.05) is 18.3 Å². The van der Waals surface area contributed by atoms with E-state index in [-0.39, 0.29) is 22.6 Å². The molecule has 0 amide bonds. The van der Waals surface area contributed by atoms with Crippen molar-refractivity contribution in [3.63, 3.8) is 0 Å². The molecule has 0 radical (unpaired) electrons. The summed E-state index contributed by atoms with van der Waals surface area (Å²) in [6.07, 6.45) is 13.9. The lowest BCUT2D eigenvalue weighted by Gasteiger charge is -2.59. The van der Waals surface area contributed by atoms with Crippen LogP contribution in [0.4, 0.5) is 0 Å². The number of ether oxygens (including phenoxy) is 1. The van der Waals surface area contributed by atoms with E-state index in [1.165, 1.54) is 5.57 Å². The highest BCUT2D eigenvalue weighted by molar-refractivity contribution is 5.91. The molecule has 6 atom stereocenters. The van der Waals surface area contributed by atoms with Crippen molar-refractivity contribution in [2.24, 2.45) is 28.6 Å². The average Bonchev–Trinajstić information content (AvgIpc) is 3.05. The number of esters is 1. The molecule has 0 bridgehead atoms. The van der Waals surface area contributed by atoms with Crippen molar-refractivity contribution in [3.05, 3.63) is 11.6 Å². The molecule has 3 fully saturated rings. The van der Waals surface area contributed by atoms with Gasteiger partial charge in [0.05, 0.1) is 0 Å². The van der Waals surface area contributed by atoms with E-state index in [2.05, 4.69) is 20.8 Å². The molecule has 0 aromatic heterocycles. The Morgan fingerprint density at radius 1 is 1.00 bits per heavy atom. The summed E-state index contributed by atoms with van der Waals surface area (Å²) in [4.78, 5) is 38.0. The van der Waals surface area contributed by atoms with E-state index in [1.807, 2.05) is 6.08 Å². The second kappa shape index (κ2) is 8.72. The van der Waals surface area contributed by atoms with Gasteiger partial charge in [-0.15, -0.1) is 0 Å². The van der Waals surface area contributed by atoms with Gasteiger partial charge in [0.2, 0.25) is 0 Å². The van der Waals surface area contributed by atoms with E-state index < -0.39 is 5.60 Å². The molecule has 32 heavy (non-hydrogen) atoms. The highest BCUT2D eigenvalue weighted by atomic mass is 16.6. The molecule has 4 heteroatoms. The van der Waals surface area contributed by atoms with Gasteiger partial charge >= 0.3 is 5.97 Å². The summed E-state index contributed by atoms with van der Waals surface area (Å²) in [5.74, 6) is 1.67. The molecule has 178 valence electrons. The summed E-state index contributed by atoms with van der Waals surface area (Å²) < 4.78 is 6.19. The lowest BCUT2D eigenvalue weighted by molar-refractivity contribution is -0.189. The summed E-state index contributed by atoms with van der Waals surface area (Å²) in [5.41, 5.74) is 0.258. The molecule has 4 aliphatic carbocycles. The minimum Gasteiger partial charge on any atom is -0.450 e. The van der Waals surface area contributed by atoms with Crippen LogP contribution in [0.15, 0.2) is 11.6 Å². The SMILES string of the molecule is CCCCCCC(=O)O[C@]1(C(C)=O)CC[C@H]2[C@@H]3CCC4=CC(=O)CC[C@]4(C)[C@H]3CC[C@@]21C. The summed E-state index contributed by atoms with van der Waals surface area (Å²) in [5, 5.41) is 0. The lowest BCUT2D eigenvalue weighted by Crippen LogP contribution is -2.58. The van der Waals surface area contributed by atoms with E-state index in [9.17, 15) is 14.4 Å². The van der Waals surface area contributed by atoms with Gasteiger partial charge in [-0.1, -0.05) is 45.6 Å². The number of carbonyl (C=O) groups excluding carboxylic acids is 3. The molecule has 0 heterocycles. The van der Waals surface area contributed by atoms with E-state index >= 15 is 0 Å². The van der Waals surface area contributed by atoms with Crippen LogP contribution in [-0.4, -0.2) is 23.1 Å². The number of hydrogen-bond donors (Lipinski definition) is 0. The molecule has 4 aliphatic rings. The third-order valence-electron chi connectivity index (χ3n) is 10.2. The Hall–Kier alpha value is -1.45. The van der Waals surface area contributed by atoms with Crippen molar-refractivity contribution >= 4 is 17.5 Å². The number of Topliss-reactive ketones (excluding diaryl/α,β-unsaturated/α-hetero) is 1. The van der Waals surface area contributed by atoms with E-state index in [0.29, 0.717) is 42.8 Å². The first-order valence-electron chi connectivity index (χ1n) is 13.1. The number of fused-ring (bicyclic) bond motifs is 5. The Morgan fingerprint density at radius 2 is 1.75 bits per heavy atom. The van der Waals surface area contributed by atoms with Gasteiger partial charge in [0.1, 0.15) is 0 Å². The fourth-order valence-electron chi connectivity index (χ4n) is 8.32. The monoisotopic (exact) mass is 442 g/mol. The first-order chi connectivity index (χ1) is 15.2. The molecule has 0 aliphatic heterocycles. The van der Waals surface area contributed by atoms with Crippen molar-refractivity contribution in [2.45, 2.75) is 117 Å². The lowest BCUT2D eigenvalue weighted by atomic mass is 9.46. The number of unbranched alkanes of at least 4 members (excludes halogenated alkanes) is 3.